The predicted molar refractivity (Wildman–Crippen MR) is 142 cm³/mol. The Morgan fingerprint density at radius 1 is 0.886 bits per heavy atom. The third-order valence-corrected chi connectivity index (χ3v) is 7.45. The van der Waals surface area contributed by atoms with Crippen molar-refractivity contribution in [1.82, 2.24) is 14.6 Å². The van der Waals surface area contributed by atoms with Crippen molar-refractivity contribution < 1.29 is 13.2 Å². The number of H-pyrrole nitrogens is 1. The maximum Gasteiger partial charge on any atom is 0.256 e. The number of nitrogens with zero attached hydrogens (tertiary/aromatic N) is 1. The summed E-state index contributed by atoms with van der Waals surface area (Å²) in [5.41, 5.74) is 3.53. The molecule has 1 unspecified atom stereocenters. The van der Waals surface area contributed by atoms with Gasteiger partial charge in [0.05, 0.1) is 0 Å². The monoisotopic (exact) mass is 491 g/mol. The van der Waals surface area contributed by atoms with Crippen LogP contribution in [0, 0.1) is 0 Å². The van der Waals surface area contributed by atoms with E-state index in [0.717, 1.165) is 39.9 Å². The van der Waals surface area contributed by atoms with E-state index in [1.54, 1.807) is 0 Å². The normalized spacial score (nSPS) is 13.0. The third-order valence-electron chi connectivity index (χ3n) is 5.81. The molecule has 0 aliphatic carbocycles. The smallest absolute Gasteiger partial charge is 0.256 e. The van der Waals surface area contributed by atoms with E-state index in [2.05, 4.69) is 14.6 Å². The van der Waals surface area contributed by atoms with Gasteiger partial charge in [0, 0.05) is 35.0 Å². The van der Waals surface area contributed by atoms with Crippen LogP contribution in [-0.2, 0) is 10.0 Å². The van der Waals surface area contributed by atoms with Gasteiger partial charge in [0.1, 0.15) is 12.4 Å². The molecule has 0 spiro atoms. The summed E-state index contributed by atoms with van der Waals surface area (Å²) in [6, 6.07) is 25.5. The van der Waals surface area contributed by atoms with E-state index in [-0.39, 0.29) is 17.0 Å². The van der Waals surface area contributed by atoms with E-state index in [9.17, 15) is 8.42 Å². The number of fused-ring (bicyclic) bond motifs is 1. The molecule has 7 heteroatoms. The molecule has 0 amide bonds. The lowest BCUT2D eigenvalue weighted by Crippen LogP contribution is -2.31. The minimum absolute atomic E-state index is 0.201. The Hall–Kier alpha value is -3.13. The summed E-state index contributed by atoms with van der Waals surface area (Å²) in [5, 5.41) is 1.09. The molecule has 4 rings (SSSR count). The minimum Gasteiger partial charge on any atom is -0.492 e. The van der Waals surface area contributed by atoms with E-state index in [4.69, 9.17) is 4.74 Å². The highest BCUT2D eigenvalue weighted by Gasteiger charge is 2.30. The highest BCUT2D eigenvalue weighted by molar-refractivity contribution is 7.89. The van der Waals surface area contributed by atoms with Crippen LogP contribution < -0.4 is 9.46 Å². The Bertz CT molecular complexity index is 1360. The summed E-state index contributed by atoms with van der Waals surface area (Å²) in [5.74, 6) is 0.498. The quantitative estimate of drug-likeness (QED) is 0.328. The van der Waals surface area contributed by atoms with Gasteiger partial charge in [-0.25, -0.2) is 13.1 Å². The van der Waals surface area contributed by atoms with Crippen LogP contribution in [-0.4, -0.2) is 51.6 Å². The molecule has 184 valence electrons. The Morgan fingerprint density at radius 3 is 2.17 bits per heavy atom. The molecule has 2 N–H and O–H groups in total. The summed E-state index contributed by atoms with van der Waals surface area (Å²) in [6.07, 6.45) is 0. The first-order valence-corrected chi connectivity index (χ1v) is 13.3. The molecular weight excluding hydrogens is 458 g/mol. The molecule has 0 radical (unpaired) electrons. The number of aromatic amines is 1. The first kappa shape index (κ1) is 25.0. The second-order valence-corrected chi connectivity index (χ2v) is 10.9. The number of benzene rings is 3. The van der Waals surface area contributed by atoms with Crippen LogP contribution in [0.4, 0.5) is 0 Å². The van der Waals surface area contributed by atoms with Crippen LogP contribution in [0.25, 0.3) is 10.9 Å². The van der Waals surface area contributed by atoms with Gasteiger partial charge in [-0.3, -0.25) is 0 Å². The van der Waals surface area contributed by atoms with E-state index >= 15 is 0 Å². The van der Waals surface area contributed by atoms with Gasteiger partial charge in [-0.05, 0) is 57.3 Å². The van der Waals surface area contributed by atoms with E-state index in [0.29, 0.717) is 6.61 Å². The topological polar surface area (TPSA) is 74.4 Å². The molecule has 6 nitrogen and oxygen atoms in total. The summed E-state index contributed by atoms with van der Waals surface area (Å²) in [6.45, 7) is 5.07. The first-order chi connectivity index (χ1) is 16.8. The molecule has 0 bridgehead atoms. The summed E-state index contributed by atoms with van der Waals surface area (Å²) in [7, 11) is 0.247. The van der Waals surface area contributed by atoms with Crippen molar-refractivity contribution in [2.24, 2.45) is 0 Å². The minimum atomic E-state index is -3.78. The Labute approximate surface area is 208 Å². The van der Waals surface area contributed by atoms with Crippen LogP contribution in [0.1, 0.15) is 36.5 Å². The maximum atomic E-state index is 13.5. The molecule has 0 saturated carbocycles. The molecule has 0 aliphatic heterocycles. The maximum absolute atomic E-state index is 13.5. The molecule has 0 saturated heterocycles. The van der Waals surface area contributed by atoms with Crippen molar-refractivity contribution in [2.45, 2.75) is 30.8 Å². The van der Waals surface area contributed by atoms with Crippen LogP contribution in [0.15, 0.2) is 83.9 Å². The van der Waals surface area contributed by atoms with E-state index < -0.39 is 10.0 Å². The van der Waals surface area contributed by atoms with Gasteiger partial charge in [-0.15, -0.1) is 0 Å². The standard InChI is InChI=1S/C28H33N3O3S/c1-20(2)30-35(32,33)28-27(24-12-8-9-13-25(24)29-28)26(21-10-6-5-7-11-21)22-14-16-23(17-15-22)34-19-18-31(3)4/h5-17,20,26,29-30H,18-19H2,1-4H3. The van der Waals surface area contributed by atoms with Crippen molar-refractivity contribution >= 4 is 20.9 Å². The van der Waals surface area contributed by atoms with Crippen LogP contribution >= 0.6 is 0 Å². The Morgan fingerprint density at radius 2 is 1.51 bits per heavy atom. The van der Waals surface area contributed by atoms with Gasteiger partial charge in [0.2, 0.25) is 0 Å². The second kappa shape index (κ2) is 10.6. The number of rotatable bonds is 10. The van der Waals surface area contributed by atoms with Gasteiger partial charge in [-0.1, -0.05) is 60.7 Å². The molecule has 0 aliphatic rings. The summed E-state index contributed by atoms with van der Waals surface area (Å²) in [4.78, 5) is 5.27. The van der Waals surface area contributed by atoms with Crippen molar-refractivity contribution in [1.29, 1.82) is 0 Å². The van der Waals surface area contributed by atoms with Crippen LogP contribution in [0.3, 0.4) is 0 Å². The fraction of sp³-hybridized carbons (Fsp3) is 0.286. The number of sulfonamides is 1. The van der Waals surface area contributed by atoms with Crippen molar-refractivity contribution in [2.75, 3.05) is 27.2 Å². The average Bonchev–Trinajstić information content (AvgIpc) is 3.20. The van der Waals surface area contributed by atoms with Gasteiger partial charge in [0.25, 0.3) is 10.0 Å². The number of para-hydroxylation sites is 1. The van der Waals surface area contributed by atoms with E-state index in [1.807, 2.05) is 107 Å². The number of aromatic nitrogens is 1. The zero-order chi connectivity index (χ0) is 25.0. The Kier molecular flexibility index (Phi) is 7.60. The number of nitrogens with one attached hydrogen (secondary N) is 2. The van der Waals surface area contributed by atoms with Crippen LogP contribution in [0.5, 0.6) is 5.75 Å². The lowest BCUT2D eigenvalue weighted by atomic mass is 9.85. The number of likely N-dealkylation sites (N-methyl/N-ethyl adjacent to an activating group) is 1. The second-order valence-electron chi connectivity index (χ2n) is 9.25. The molecule has 35 heavy (non-hydrogen) atoms. The fourth-order valence-corrected chi connectivity index (χ4v) is 5.78. The van der Waals surface area contributed by atoms with E-state index in [1.165, 1.54) is 0 Å². The highest BCUT2D eigenvalue weighted by Crippen LogP contribution is 2.40. The highest BCUT2D eigenvalue weighted by atomic mass is 32.2. The molecule has 3 aromatic carbocycles. The summed E-state index contributed by atoms with van der Waals surface area (Å²) >= 11 is 0. The molecule has 4 aromatic rings. The van der Waals surface area contributed by atoms with Crippen molar-refractivity contribution in [3.05, 3.63) is 95.6 Å². The van der Waals surface area contributed by atoms with Gasteiger partial charge in [-0.2, -0.15) is 0 Å². The molecule has 1 heterocycles. The first-order valence-electron chi connectivity index (χ1n) is 11.8. The zero-order valence-electron chi connectivity index (χ0n) is 20.7. The van der Waals surface area contributed by atoms with Gasteiger partial charge < -0.3 is 14.6 Å². The average molecular weight is 492 g/mol. The molecule has 1 atom stereocenters. The van der Waals surface area contributed by atoms with Gasteiger partial charge >= 0.3 is 0 Å². The number of hydrogen-bond donors (Lipinski definition) is 2. The molecule has 1 aromatic heterocycles. The Balaban J connectivity index is 1.86. The van der Waals surface area contributed by atoms with Gasteiger partial charge in [0.15, 0.2) is 5.03 Å². The van der Waals surface area contributed by atoms with Crippen LogP contribution in [0.2, 0.25) is 0 Å². The number of hydrogen-bond acceptors (Lipinski definition) is 4. The summed E-state index contributed by atoms with van der Waals surface area (Å²) < 4.78 is 35.6. The lowest BCUT2D eigenvalue weighted by molar-refractivity contribution is 0.261. The van der Waals surface area contributed by atoms with Crippen molar-refractivity contribution in [3.8, 4) is 5.75 Å². The SMILES string of the molecule is CC(C)NS(=O)(=O)c1[nH]c2ccccc2c1C(c1ccccc1)c1ccc(OCCN(C)C)cc1. The van der Waals surface area contributed by atoms with Crippen molar-refractivity contribution in [3.63, 3.8) is 0 Å². The predicted octanol–water partition coefficient (Wildman–Crippen LogP) is 4.98. The zero-order valence-corrected chi connectivity index (χ0v) is 21.5. The molecule has 0 fully saturated rings. The third kappa shape index (κ3) is 5.75. The fourth-order valence-electron chi connectivity index (χ4n) is 4.28. The lowest BCUT2D eigenvalue weighted by Gasteiger charge is -2.21. The number of ether oxygens (including phenoxy) is 1. The largest absolute Gasteiger partial charge is 0.492 e. The molecular formula is C28H33N3O3S.